The lowest BCUT2D eigenvalue weighted by molar-refractivity contribution is 0.131. The van der Waals surface area contributed by atoms with E-state index >= 15 is 0 Å². The van der Waals surface area contributed by atoms with Crippen molar-refractivity contribution in [2.24, 2.45) is 5.92 Å². The van der Waals surface area contributed by atoms with E-state index in [1.54, 1.807) is 6.07 Å². The summed E-state index contributed by atoms with van der Waals surface area (Å²) in [5, 5.41) is 3.22. The molecule has 1 aliphatic rings. The zero-order valence-corrected chi connectivity index (χ0v) is 12.9. The largest absolute Gasteiger partial charge is 0.319 e. The van der Waals surface area contributed by atoms with Gasteiger partial charge in [-0.3, -0.25) is 4.90 Å². The number of likely N-dealkylation sites (tertiary alicyclic amines) is 1. The molecule has 0 radical (unpaired) electrons. The van der Waals surface area contributed by atoms with Crippen LogP contribution in [-0.4, -0.2) is 31.6 Å². The summed E-state index contributed by atoms with van der Waals surface area (Å²) in [5.74, 6) is -0.887. The summed E-state index contributed by atoms with van der Waals surface area (Å²) < 4.78 is 26.3. The molecule has 2 atom stereocenters. The summed E-state index contributed by atoms with van der Waals surface area (Å²) in [6, 6.07) is 4.36. The van der Waals surface area contributed by atoms with E-state index in [0.29, 0.717) is 5.92 Å². The summed E-state index contributed by atoms with van der Waals surface area (Å²) in [6.07, 6.45) is 2.40. The maximum Gasteiger partial charge on any atom is 0.159 e. The van der Waals surface area contributed by atoms with Crippen molar-refractivity contribution in [1.29, 1.82) is 0 Å². The van der Waals surface area contributed by atoms with Crippen molar-refractivity contribution in [2.45, 2.75) is 25.8 Å². The average molecular weight is 305 g/mol. The molecule has 0 aromatic heterocycles. The molecule has 0 amide bonds. The van der Waals surface area contributed by atoms with Crippen molar-refractivity contribution < 1.29 is 8.78 Å². The van der Waals surface area contributed by atoms with Gasteiger partial charge in [0.05, 0.1) is 0 Å². The van der Waals surface area contributed by atoms with Crippen molar-refractivity contribution in [2.75, 3.05) is 26.7 Å². The molecule has 1 fully saturated rings. The fraction of sp³-hybridized carbons (Fsp3) is 0.600. The smallest absolute Gasteiger partial charge is 0.159 e. The fourth-order valence-electron chi connectivity index (χ4n) is 2.89. The zero-order chi connectivity index (χ0) is 13.8. The average Bonchev–Trinajstić information content (AvgIpc) is 2.42. The lowest BCUT2D eigenvalue weighted by Gasteiger charge is -2.37. The van der Waals surface area contributed by atoms with E-state index in [1.165, 1.54) is 25.0 Å². The van der Waals surface area contributed by atoms with Gasteiger partial charge >= 0.3 is 0 Å². The lowest BCUT2D eigenvalue weighted by atomic mass is 9.95. The van der Waals surface area contributed by atoms with Crippen molar-refractivity contribution in [1.82, 2.24) is 10.2 Å². The van der Waals surface area contributed by atoms with E-state index in [4.69, 9.17) is 0 Å². The summed E-state index contributed by atoms with van der Waals surface area (Å²) in [6.45, 7) is 5.12. The summed E-state index contributed by atoms with van der Waals surface area (Å²) in [5.41, 5.74) is 0.851. The summed E-state index contributed by atoms with van der Waals surface area (Å²) in [7, 11) is 1.97. The number of hydrogen-bond donors (Lipinski definition) is 1. The van der Waals surface area contributed by atoms with Crippen LogP contribution in [0, 0.1) is 17.6 Å². The minimum absolute atomic E-state index is 0. The second kappa shape index (κ2) is 7.91. The number of halogens is 3. The normalized spacial score (nSPS) is 21.3. The van der Waals surface area contributed by atoms with Crippen LogP contribution in [0.1, 0.15) is 31.4 Å². The number of nitrogens with one attached hydrogen (secondary N) is 1. The minimum atomic E-state index is -0.775. The highest BCUT2D eigenvalue weighted by Gasteiger charge is 2.24. The Morgan fingerprint density at radius 1 is 1.35 bits per heavy atom. The first-order chi connectivity index (χ1) is 9.11. The third-order valence-electron chi connectivity index (χ3n) is 4.02. The first-order valence-electron chi connectivity index (χ1n) is 6.95. The third kappa shape index (κ3) is 4.14. The van der Waals surface area contributed by atoms with Gasteiger partial charge in [0.2, 0.25) is 0 Å². The SMILES string of the molecule is CNCC1CCCN(C(C)c2ccc(F)c(F)c2)C1.Cl. The van der Waals surface area contributed by atoms with Gasteiger partial charge in [-0.25, -0.2) is 8.78 Å². The zero-order valence-electron chi connectivity index (χ0n) is 12.0. The molecular formula is C15H23ClF2N2. The van der Waals surface area contributed by atoms with Gasteiger partial charge in [0.1, 0.15) is 0 Å². The van der Waals surface area contributed by atoms with Crippen LogP contribution in [-0.2, 0) is 0 Å². The van der Waals surface area contributed by atoms with E-state index in [9.17, 15) is 8.78 Å². The van der Waals surface area contributed by atoms with Gasteiger partial charge in [0.25, 0.3) is 0 Å². The quantitative estimate of drug-likeness (QED) is 0.917. The molecule has 20 heavy (non-hydrogen) atoms. The molecule has 1 heterocycles. The summed E-state index contributed by atoms with van der Waals surface area (Å²) in [4.78, 5) is 2.36. The van der Waals surface area contributed by atoms with E-state index in [2.05, 4.69) is 17.1 Å². The Morgan fingerprint density at radius 3 is 2.75 bits per heavy atom. The van der Waals surface area contributed by atoms with E-state index in [-0.39, 0.29) is 18.4 Å². The van der Waals surface area contributed by atoms with Gasteiger partial charge in [-0.15, -0.1) is 12.4 Å². The molecule has 0 aliphatic carbocycles. The molecule has 2 unspecified atom stereocenters. The maximum atomic E-state index is 13.3. The highest BCUT2D eigenvalue weighted by molar-refractivity contribution is 5.85. The standard InChI is InChI=1S/C15H22F2N2.ClH/c1-11(13-5-6-14(16)15(17)8-13)19-7-3-4-12(10-19)9-18-2;/h5-6,8,11-12,18H,3-4,7,9-10H2,1-2H3;1H. The Balaban J connectivity index is 0.00000200. The molecule has 1 saturated heterocycles. The topological polar surface area (TPSA) is 15.3 Å². The minimum Gasteiger partial charge on any atom is -0.319 e. The first-order valence-corrected chi connectivity index (χ1v) is 6.95. The van der Waals surface area contributed by atoms with Gasteiger partial charge in [0, 0.05) is 12.6 Å². The molecule has 2 rings (SSSR count). The number of hydrogen-bond acceptors (Lipinski definition) is 2. The van der Waals surface area contributed by atoms with Crippen LogP contribution < -0.4 is 5.32 Å². The predicted molar refractivity (Wildman–Crippen MR) is 80.2 cm³/mol. The van der Waals surface area contributed by atoms with Crippen molar-refractivity contribution in [3.8, 4) is 0 Å². The Hall–Kier alpha value is -0.710. The number of nitrogens with zero attached hydrogens (tertiary/aromatic N) is 1. The second-order valence-corrected chi connectivity index (χ2v) is 5.41. The van der Waals surface area contributed by atoms with Crippen LogP contribution in [0.25, 0.3) is 0 Å². The Labute approximate surface area is 126 Å². The van der Waals surface area contributed by atoms with Crippen LogP contribution in [0.15, 0.2) is 18.2 Å². The predicted octanol–water partition coefficient (Wildman–Crippen LogP) is 3.38. The van der Waals surface area contributed by atoms with Crippen molar-refractivity contribution in [3.05, 3.63) is 35.4 Å². The Kier molecular flexibility index (Phi) is 6.86. The Morgan fingerprint density at radius 2 is 2.10 bits per heavy atom. The molecule has 5 heteroatoms. The second-order valence-electron chi connectivity index (χ2n) is 5.41. The molecule has 1 N–H and O–H groups in total. The lowest BCUT2D eigenvalue weighted by Crippen LogP contribution is -2.40. The number of piperidine rings is 1. The van der Waals surface area contributed by atoms with Gasteiger partial charge in [-0.05, 0) is 63.5 Å². The molecule has 0 saturated carbocycles. The van der Waals surface area contributed by atoms with Crippen LogP contribution in [0.3, 0.4) is 0 Å². The molecule has 1 aliphatic heterocycles. The van der Waals surface area contributed by atoms with Crippen LogP contribution in [0.5, 0.6) is 0 Å². The fourth-order valence-corrected chi connectivity index (χ4v) is 2.89. The monoisotopic (exact) mass is 304 g/mol. The molecule has 2 nitrogen and oxygen atoms in total. The third-order valence-corrected chi connectivity index (χ3v) is 4.02. The molecular weight excluding hydrogens is 282 g/mol. The molecule has 1 aromatic carbocycles. The van der Waals surface area contributed by atoms with E-state index in [0.717, 1.165) is 25.2 Å². The molecule has 0 spiro atoms. The van der Waals surface area contributed by atoms with Crippen molar-refractivity contribution in [3.63, 3.8) is 0 Å². The molecule has 0 bridgehead atoms. The van der Waals surface area contributed by atoms with Gasteiger partial charge in [-0.1, -0.05) is 6.07 Å². The number of benzene rings is 1. The summed E-state index contributed by atoms with van der Waals surface area (Å²) >= 11 is 0. The van der Waals surface area contributed by atoms with Gasteiger partial charge in [-0.2, -0.15) is 0 Å². The van der Waals surface area contributed by atoms with Gasteiger partial charge in [0.15, 0.2) is 11.6 Å². The van der Waals surface area contributed by atoms with E-state index in [1.807, 2.05) is 7.05 Å². The van der Waals surface area contributed by atoms with Crippen LogP contribution in [0.2, 0.25) is 0 Å². The highest BCUT2D eigenvalue weighted by Crippen LogP contribution is 2.27. The number of rotatable bonds is 4. The Bertz CT molecular complexity index is 426. The van der Waals surface area contributed by atoms with Gasteiger partial charge < -0.3 is 5.32 Å². The van der Waals surface area contributed by atoms with E-state index < -0.39 is 11.6 Å². The molecule has 1 aromatic rings. The van der Waals surface area contributed by atoms with Crippen LogP contribution >= 0.6 is 12.4 Å². The van der Waals surface area contributed by atoms with Crippen molar-refractivity contribution >= 4 is 12.4 Å². The first kappa shape index (κ1) is 17.3. The highest BCUT2D eigenvalue weighted by atomic mass is 35.5. The molecule has 114 valence electrons. The maximum absolute atomic E-state index is 13.3. The van der Waals surface area contributed by atoms with Crippen LogP contribution in [0.4, 0.5) is 8.78 Å².